The quantitative estimate of drug-likeness (QED) is 0.488. The van der Waals surface area contributed by atoms with Crippen LogP contribution in [0.25, 0.3) is 12.2 Å². The standard InChI is InChI=1S/C27H30FN3O4S/c1-17-14-18(2)22(19(3)15-17)11-12-25-26(20(4)30-35-25)36(33,34)31-13-7-8-21(16-31)27(32)29-24-10-6-5-9-23(24)28/h5-6,9-12,14-15,21H,7-8,13,16H2,1-4H3,(H,29,32)/b12-11+/t21-/m1/s1. The molecule has 0 saturated carbocycles. The van der Waals surface area contributed by atoms with Gasteiger partial charge in [-0.2, -0.15) is 4.31 Å². The molecule has 190 valence electrons. The van der Waals surface area contributed by atoms with Crippen LogP contribution in [0.1, 0.15) is 46.5 Å². The third-order valence-electron chi connectivity index (χ3n) is 6.46. The van der Waals surface area contributed by atoms with E-state index in [0.717, 1.165) is 22.3 Å². The van der Waals surface area contributed by atoms with Gasteiger partial charge in [-0.3, -0.25) is 4.79 Å². The summed E-state index contributed by atoms with van der Waals surface area (Å²) >= 11 is 0. The molecule has 0 bridgehead atoms. The molecule has 0 radical (unpaired) electrons. The van der Waals surface area contributed by atoms with Crippen molar-refractivity contribution in [3.8, 4) is 0 Å². The molecule has 1 atom stereocenters. The number of benzene rings is 2. The highest BCUT2D eigenvalue weighted by atomic mass is 32.2. The Kier molecular flexibility index (Phi) is 7.42. The Balaban J connectivity index is 1.57. The van der Waals surface area contributed by atoms with E-state index in [2.05, 4.69) is 22.6 Å². The van der Waals surface area contributed by atoms with Gasteiger partial charge in [-0.15, -0.1) is 0 Å². The summed E-state index contributed by atoms with van der Waals surface area (Å²) in [5.74, 6) is -1.41. The van der Waals surface area contributed by atoms with Crippen LogP contribution in [0.4, 0.5) is 10.1 Å². The number of piperidine rings is 1. The lowest BCUT2D eigenvalue weighted by molar-refractivity contribution is -0.120. The molecule has 4 rings (SSSR count). The smallest absolute Gasteiger partial charge is 0.248 e. The van der Waals surface area contributed by atoms with Gasteiger partial charge in [0, 0.05) is 13.1 Å². The van der Waals surface area contributed by atoms with Crippen LogP contribution in [0.3, 0.4) is 0 Å². The van der Waals surface area contributed by atoms with E-state index in [9.17, 15) is 17.6 Å². The summed E-state index contributed by atoms with van der Waals surface area (Å²) in [7, 11) is -3.99. The molecule has 1 aromatic heterocycles. The number of para-hydroxylation sites is 1. The fourth-order valence-corrected chi connectivity index (χ4v) is 6.49. The molecule has 0 aliphatic carbocycles. The van der Waals surface area contributed by atoms with Crippen LogP contribution in [-0.4, -0.2) is 36.9 Å². The number of sulfonamides is 1. The number of carbonyl (C=O) groups is 1. The maximum Gasteiger partial charge on any atom is 0.248 e. The molecule has 9 heteroatoms. The largest absolute Gasteiger partial charge is 0.355 e. The van der Waals surface area contributed by atoms with Crippen LogP contribution in [0.2, 0.25) is 0 Å². The minimum Gasteiger partial charge on any atom is -0.355 e. The van der Waals surface area contributed by atoms with Gasteiger partial charge in [0.1, 0.15) is 11.5 Å². The van der Waals surface area contributed by atoms with Crippen LogP contribution >= 0.6 is 0 Å². The first-order chi connectivity index (χ1) is 17.1. The number of aryl methyl sites for hydroxylation is 4. The number of nitrogens with one attached hydrogen (secondary N) is 1. The zero-order valence-corrected chi connectivity index (χ0v) is 21.7. The van der Waals surface area contributed by atoms with Gasteiger partial charge in [-0.05, 0) is 75.4 Å². The molecule has 3 aromatic rings. The van der Waals surface area contributed by atoms with Crippen molar-refractivity contribution in [2.45, 2.75) is 45.4 Å². The second-order valence-corrected chi connectivity index (χ2v) is 11.2. The number of hydrogen-bond acceptors (Lipinski definition) is 5. The fourth-order valence-electron chi connectivity index (χ4n) is 4.71. The second-order valence-electron chi connectivity index (χ2n) is 9.28. The molecule has 36 heavy (non-hydrogen) atoms. The average molecular weight is 512 g/mol. The van der Waals surface area contributed by atoms with Crippen molar-refractivity contribution in [1.82, 2.24) is 9.46 Å². The molecule has 7 nitrogen and oxygen atoms in total. The molecular weight excluding hydrogens is 481 g/mol. The monoisotopic (exact) mass is 511 g/mol. The van der Waals surface area contributed by atoms with Crippen molar-refractivity contribution in [2.24, 2.45) is 5.92 Å². The van der Waals surface area contributed by atoms with E-state index in [-0.39, 0.29) is 35.1 Å². The number of hydrogen-bond donors (Lipinski definition) is 1. The summed E-state index contributed by atoms with van der Waals surface area (Å²) in [6, 6.07) is 10.0. The van der Waals surface area contributed by atoms with Gasteiger partial charge >= 0.3 is 0 Å². The Bertz CT molecular complexity index is 1410. The molecule has 1 aliphatic heterocycles. The predicted octanol–water partition coefficient (Wildman–Crippen LogP) is 5.26. The van der Waals surface area contributed by atoms with E-state index < -0.39 is 27.7 Å². The first kappa shape index (κ1) is 25.8. The summed E-state index contributed by atoms with van der Waals surface area (Å²) < 4.78 is 48.0. The first-order valence-electron chi connectivity index (χ1n) is 11.9. The molecule has 2 aromatic carbocycles. The van der Waals surface area contributed by atoms with Gasteiger partial charge in [0.05, 0.1) is 11.6 Å². The molecule has 1 fully saturated rings. The summed E-state index contributed by atoms with van der Waals surface area (Å²) in [6.45, 7) is 7.89. The number of aromatic nitrogens is 1. The highest BCUT2D eigenvalue weighted by Gasteiger charge is 2.37. The van der Waals surface area contributed by atoms with Gasteiger partial charge in [0.2, 0.25) is 15.9 Å². The topological polar surface area (TPSA) is 92.5 Å². The third-order valence-corrected chi connectivity index (χ3v) is 8.48. The molecule has 1 amide bonds. The number of nitrogens with zero attached hydrogens (tertiary/aromatic N) is 2. The highest BCUT2D eigenvalue weighted by molar-refractivity contribution is 7.89. The Labute approximate surface area is 211 Å². The SMILES string of the molecule is Cc1cc(C)c(/C=C/c2onc(C)c2S(=O)(=O)N2CCC[C@@H](C(=O)Nc3ccccc3F)C2)c(C)c1. The normalized spacial score (nSPS) is 17.0. The number of halogens is 1. The zero-order valence-electron chi connectivity index (χ0n) is 20.8. The van der Waals surface area contributed by atoms with E-state index in [1.54, 1.807) is 19.1 Å². The first-order valence-corrected chi connectivity index (χ1v) is 13.3. The second kappa shape index (κ2) is 10.4. The molecule has 0 unspecified atom stereocenters. The predicted molar refractivity (Wildman–Crippen MR) is 137 cm³/mol. The van der Waals surface area contributed by atoms with Crippen molar-refractivity contribution < 1.29 is 22.1 Å². The van der Waals surface area contributed by atoms with Gasteiger partial charge < -0.3 is 9.84 Å². The zero-order chi connectivity index (χ0) is 26.0. The summed E-state index contributed by atoms with van der Waals surface area (Å²) in [6.07, 6.45) is 4.48. The van der Waals surface area contributed by atoms with Crippen LogP contribution in [0.15, 0.2) is 45.8 Å². The highest BCUT2D eigenvalue weighted by Crippen LogP contribution is 2.30. The molecular formula is C27H30FN3O4S. The number of carbonyl (C=O) groups excluding carboxylic acids is 1. The van der Waals surface area contributed by atoms with E-state index in [0.29, 0.717) is 12.8 Å². The van der Waals surface area contributed by atoms with Crippen LogP contribution in [0.5, 0.6) is 0 Å². The van der Waals surface area contributed by atoms with Crippen LogP contribution in [-0.2, 0) is 14.8 Å². The molecule has 1 saturated heterocycles. The maximum absolute atomic E-state index is 14.0. The minimum atomic E-state index is -3.99. The Morgan fingerprint density at radius 2 is 1.83 bits per heavy atom. The van der Waals surface area contributed by atoms with E-state index in [4.69, 9.17) is 4.52 Å². The van der Waals surface area contributed by atoms with Crippen molar-refractivity contribution in [1.29, 1.82) is 0 Å². The fraction of sp³-hybridized carbons (Fsp3) is 0.333. The lowest BCUT2D eigenvalue weighted by Gasteiger charge is -2.31. The number of rotatable bonds is 6. The van der Waals surface area contributed by atoms with Crippen LogP contribution < -0.4 is 5.32 Å². The lowest BCUT2D eigenvalue weighted by atomic mass is 9.98. The summed E-state index contributed by atoms with van der Waals surface area (Å²) in [5, 5.41) is 6.50. The molecule has 2 heterocycles. The van der Waals surface area contributed by atoms with Gasteiger partial charge in [0.15, 0.2) is 10.7 Å². The lowest BCUT2D eigenvalue weighted by Crippen LogP contribution is -2.44. The van der Waals surface area contributed by atoms with E-state index in [1.807, 2.05) is 26.8 Å². The van der Waals surface area contributed by atoms with E-state index >= 15 is 0 Å². The Hall–Kier alpha value is -3.30. The van der Waals surface area contributed by atoms with E-state index in [1.165, 1.54) is 22.5 Å². The molecule has 1 aliphatic rings. The van der Waals surface area contributed by atoms with Gasteiger partial charge in [-0.1, -0.05) is 41.1 Å². The Morgan fingerprint density at radius 1 is 1.14 bits per heavy atom. The third kappa shape index (κ3) is 5.27. The van der Waals surface area contributed by atoms with Crippen molar-refractivity contribution >= 4 is 33.8 Å². The number of anilines is 1. The van der Waals surface area contributed by atoms with Crippen molar-refractivity contribution in [3.05, 3.63) is 75.9 Å². The average Bonchev–Trinajstić information content (AvgIpc) is 3.21. The van der Waals surface area contributed by atoms with Gasteiger partial charge in [0.25, 0.3) is 0 Å². The number of amides is 1. The van der Waals surface area contributed by atoms with Gasteiger partial charge in [-0.25, -0.2) is 12.8 Å². The van der Waals surface area contributed by atoms with Crippen molar-refractivity contribution in [2.75, 3.05) is 18.4 Å². The Morgan fingerprint density at radius 3 is 2.53 bits per heavy atom. The minimum absolute atomic E-state index is 0.00340. The molecule has 0 spiro atoms. The summed E-state index contributed by atoms with van der Waals surface area (Å²) in [5.41, 5.74) is 4.62. The van der Waals surface area contributed by atoms with Crippen LogP contribution in [0, 0.1) is 39.4 Å². The molecule has 1 N–H and O–H groups in total. The maximum atomic E-state index is 14.0. The van der Waals surface area contributed by atoms with Crippen molar-refractivity contribution in [3.63, 3.8) is 0 Å². The summed E-state index contributed by atoms with van der Waals surface area (Å²) in [4.78, 5) is 12.8.